The van der Waals surface area contributed by atoms with E-state index < -0.39 is 21.5 Å². The van der Waals surface area contributed by atoms with Gasteiger partial charge in [-0.2, -0.15) is 4.31 Å². The summed E-state index contributed by atoms with van der Waals surface area (Å²) < 4.78 is 34.5. The minimum absolute atomic E-state index is 0.0209. The fourth-order valence-corrected chi connectivity index (χ4v) is 6.39. The molecule has 190 valence electrons. The van der Waals surface area contributed by atoms with Gasteiger partial charge in [-0.3, -0.25) is 19.9 Å². The van der Waals surface area contributed by atoms with Gasteiger partial charge >= 0.3 is 0 Å². The molecular weight excluding hydrogens is 480 g/mol. The summed E-state index contributed by atoms with van der Waals surface area (Å²) >= 11 is 0. The van der Waals surface area contributed by atoms with Gasteiger partial charge < -0.3 is 4.74 Å². The lowest BCUT2D eigenvalue weighted by atomic mass is 9.86. The molecule has 2 aromatic carbocycles. The van der Waals surface area contributed by atoms with Crippen LogP contribution < -0.4 is 10.2 Å². The smallest absolute Gasteiger partial charge is 0.265 e. The molecule has 0 aliphatic carbocycles. The van der Waals surface area contributed by atoms with Gasteiger partial charge in [0, 0.05) is 38.6 Å². The summed E-state index contributed by atoms with van der Waals surface area (Å²) in [6, 6.07) is 19.1. The van der Waals surface area contributed by atoms with Crippen molar-refractivity contribution in [2.45, 2.75) is 36.4 Å². The normalized spacial score (nSPS) is 16.0. The lowest BCUT2D eigenvalue weighted by molar-refractivity contribution is -0.142. The number of nitrogens with one attached hydrogen (secondary N) is 1. The van der Waals surface area contributed by atoms with Crippen LogP contribution in [0.15, 0.2) is 84.0 Å². The third-order valence-electron chi connectivity index (χ3n) is 6.66. The predicted molar refractivity (Wildman–Crippen MR) is 134 cm³/mol. The first-order chi connectivity index (χ1) is 17.4. The fraction of sp³-hybridized carbons (Fsp3) is 0.308. The van der Waals surface area contributed by atoms with Crippen LogP contribution in [0, 0.1) is 0 Å². The SMILES string of the molecule is COc1ccc(S(=O)(=O)N(Cc2ccccc2)C2(C(=O)NO)CCN(Cc3ccncc3)CC2)cc1. The predicted octanol–water partition coefficient (Wildman–Crippen LogP) is 2.82. The molecule has 0 atom stereocenters. The van der Waals surface area contributed by atoms with Crippen LogP contribution in [-0.2, 0) is 27.9 Å². The highest BCUT2D eigenvalue weighted by Gasteiger charge is 2.51. The van der Waals surface area contributed by atoms with Crippen LogP contribution in [0.3, 0.4) is 0 Å². The van der Waals surface area contributed by atoms with E-state index in [1.807, 2.05) is 42.5 Å². The van der Waals surface area contributed by atoms with Gasteiger partial charge in [0.15, 0.2) is 0 Å². The Morgan fingerprint density at radius 2 is 1.67 bits per heavy atom. The van der Waals surface area contributed by atoms with Crippen molar-refractivity contribution in [1.29, 1.82) is 0 Å². The average Bonchev–Trinajstić information content (AvgIpc) is 2.93. The first-order valence-electron chi connectivity index (χ1n) is 11.7. The summed E-state index contributed by atoms with van der Waals surface area (Å²) in [5, 5.41) is 9.71. The van der Waals surface area contributed by atoms with Crippen molar-refractivity contribution < 1.29 is 23.2 Å². The molecule has 2 N–H and O–H groups in total. The van der Waals surface area contributed by atoms with E-state index in [1.54, 1.807) is 30.0 Å². The summed E-state index contributed by atoms with van der Waals surface area (Å²) in [4.78, 5) is 19.5. The molecule has 3 aromatic rings. The first kappa shape index (κ1) is 25.8. The van der Waals surface area contributed by atoms with E-state index >= 15 is 0 Å². The van der Waals surface area contributed by atoms with Gasteiger partial charge in [0.2, 0.25) is 10.0 Å². The Balaban J connectivity index is 1.70. The van der Waals surface area contributed by atoms with Crippen molar-refractivity contribution in [2.75, 3.05) is 20.2 Å². The lowest BCUT2D eigenvalue weighted by Crippen LogP contribution is -2.63. The summed E-state index contributed by atoms with van der Waals surface area (Å²) in [6.07, 6.45) is 3.89. The van der Waals surface area contributed by atoms with Gasteiger partial charge in [-0.15, -0.1) is 0 Å². The quantitative estimate of drug-likeness (QED) is 0.336. The van der Waals surface area contributed by atoms with Gasteiger partial charge in [-0.1, -0.05) is 30.3 Å². The number of pyridine rings is 1. The standard InChI is InChI=1S/C26H30N4O5S/c1-35-23-7-9-24(10-8-23)36(33,34)30(20-21-5-3-2-4-6-21)26(25(31)28-32)13-17-29(18-14-26)19-22-11-15-27-16-12-22/h2-12,15-16,32H,13-14,17-20H2,1H3,(H,28,31). The van der Waals surface area contributed by atoms with Crippen LogP contribution in [0.1, 0.15) is 24.0 Å². The maximum Gasteiger partial charge on any atom is 0.265 e. The molecular formula is C26H30N4O5S. The maximum absolute atomic E-state index is 14.0. The summed E-state index contributed by atoms with van der Waals surface area (Å²) in [7, 11) is -2.63. The van der Waals surface area contributed by atoms with Crippen molar-refractivity contribution in [1.82, 2.24) is 19.7 Å². The van der Waals surface area contributed by atoms with E-state index in [0.717, 1.165) is 11.1 Å². The molecule has 9 nitrogen and oxygen atoms in total. The Kier molecular flexibility index (Phi) is 8.00. The van der Waals surface area contributed by atoms with Gasteiger partial charge in [-0.25, -0.2) is 13.9 Å². The average molecular weight is 511 g/mol. The zero-order chi connectivity index (χ0) is 25.6. The van der Waals surface area contributed by atoms with Crippen LogP contribution in [0.4, 0.5) is 0 Å². The molecule has 1 aliphatic heterocycles. The van der Waals surface area contributed by atoms with Crippen LogP contribution in [0.25, 0.3) is 0 Å². The Bertz CT molecular complexity index is 1250. The second kappa shape index (κ2) is 11.2. The van der Waals surface area contributed by atoms with E-state index in [0.29, 0.717) is 25.4 Å². The van der Waals surface area contributed by atoms with E-state index in [1.165, 1.54) is 23.5 Å². The van der Waals surface area contributed by atoms with E-state index in [4.69, 9.17) is 4.74 Å². The van der Waals surface area contributed by atoms with Crippen molar-refractivity contribution in [3.8, 4) is 5.75 Å². The number of methoxy groups -OCH3 is 1. The minimum atomic E-state index is -4.13. The molecule has 1 aromatic heterocycles. The van der Waals surface area contributed by atoms with Gasteiger partial charge in [-0.05, 0) is 60.4 Å². The van der Waals surface area contributed by atoms with Crippen molar-refractivity contribution in [3.05, 3.63) is 90.3 Å². The Labute approximate surface area is 211 Å². The molecule has 10 heteroatoms. The highest BCUT2D eigenvalue weighted by molar-refractivity contribution is 7.89. The van der Waals surface area contributed by atoms with Crippen LogP contribution >= 0.6 is 0 Å². The minimum Gasteiger partial charge on any atom is -0.497 e. The van der Waals surface area contributed by atoms with E-state index in [-0.39, 0.29) is 24.3 Å². The summed E-state index contributed by atoms with van der Waals surface area (Å²) in [6.45, 7) is 1.58. The molecule has 1 saturated heterocycles. The largest absolute Gasteiger partial charge is 0.497 e. The number of carbonyl (C=O) groups excluding carboxylic acids is 1. The third kappa shape index (κ3) is 5.41. The van der Waals surface area contributed by atoms with Crippen LogP contribution in [0.2, 0.25) is 0 Å². The number of rotatable bonds is 9. The third-order valence-corrected chi connectivity index (χ3v) is 8.58. The fourth-order valence-electron chi connectivity index (χ4n) is 4.61. The zero-order valence-corrected chi connectivity index (χ0v) is 20.9. The number of benzene rings is 2. The molecule has 0 bridgehead atoms. The number of nitrogens with zero attached hydrogens (tertiary/aromatic N) is 3. The molecule has 1 fully saturated rings. The number of hydroxylamine groups is 1. The second-order valence-electron chi connectivity index (χ2n) is 8.78. The highest BCUT2D eigenvalue weighted by atomic mass is 32.2. The number of hydrogen-bond acceptors (Lipinski definition) is 7. The van der Waals surface area contributed by atoms with Gasteiger partial charge in [0.1, 0.15) is 11.3 Å². The number of piperidine rings is 1. The summed E-state index contributed by atoms with van der Waals surface area (Å²) in [5.41, 5.74) is 2.10. The van der Waals surface area contributed by atoms with Crippen molar-refractivity contribution in [2.24, 2.45) is 0 Å². The Morgan fingerprint density at radius 3 is 2.25 bits per heavy atom. The number of amides is 1. The molecule has 0 unspecified atom stereocenters. The number of aromatic nitrogens is 1. The molecule has 4 rings (SSSR count). The highest BCUT2D eigenvalue weighted by Crippen LogP contribution is 2.36. The van der Waals surface area contributed by atoms with E-state index in [2.05, 4.69) is 9.88 Å². The number of sulfonamides is 1. The molecule has 0 saturated carbocycles. The van der Waals surface area contributed by atoms with Crippen molar-refractivity contribution in [3.63, 3.8) is 0 Å². The maximum atomic E-state index is 14.0. The monoisotopic (exact) mass is 510 g/mol. The lowest BCUT2D eigenvalue weighted by Gasteiger charge is -2.46. The number of likely N-dealkylation sites (tertiary alicyclic amines) is 1. The topological polar surface area (TPSA) is 112 Å². The molecule has 0 radical (unpaired) electrons. The van der Waals surface area contributed by atoms with E-state index in [9.17, 15) is 18.4 Å². The van der Waals surface area contributed by atoms with Crippen molar-refractivity contribution >= 4 is 15.9 Å². The van der Waals surface area contributed by atoms with Crippen LogP contribution in [0.5, 0.6) is 5.75 Å². The molecule has 2 heterocycles. The molecule has 0 spiro atoms. The molecule has 36 heavy (non-hydrogen) atoms. The molecule has 1 amide bonds. The van der Waals surface area contributed by atoms with Crippen LogP contribution in [-0.4, -0.2) is 59.5 Å². The molecule has 1 aliphatic rings. The second-order valence-corrected chi connectivity index (χ2v) is 10.6. The number of hydrogen-bond donors (Lipinski definition) is 2. The first-order valence-corrected chi connectivity index (χ1v) is 13.1. The Morgan fingerprint density at radius 1 is 1.03 bits per heavy atom. The number of carbonyl (C=O) groups is 1. The van der Waals surface area contributed by atoms with Gasteiger partial charge in [0.05, 0.1) is 12.0 Å². The Hall–Kier alpha value is -3.31. The summed E-state index contributed by atoms with van der Waals surface area (Å²) in [5.74, 6) is -0.213. The van der Waals surface area contributed by atoms with Gasteiger partial charge in [0.25, 0.3) is 5.91 Å². The number of ether oxygens (including phenoxy) is 1. The zero-order valence-electron chi connectivity index (χ0n) is 20.1.